The monoisotopic (exact) mass is 469 g/mol. The van der Waals surface area contributed by atoms with Crippen LogP contribution in [0.4, 0.5) is 11.4 Å². The van der Waals surface area contributed by atoms with Crippen LogP contribution in [0.3, 0.4) is 0 Å². The van der Waals surface area contributed by atoms with Gasteiger partial charge in [0.25, 0.3) is 5.91 Å². The van der Waals surface area contributed by atoms with Crippen molar-refractivity contribution in [2.75, 3.05) is 33.8 Å². The van der Waals surface area contributed by atoms with Gasteiger partial charge < -0.3 is 24.3 Å². The van der Waals surface area contributed by atoms with Gasteiger partial charge in [0, 0.05) is 30.0 Å². The molecule has 0 aliphatic carbocycles. The van der Waals surface area contributed by atoms with E-state index in [1.165, 1.54) is 59.6 Å². The van der Waals surface area contributed by atoms with Gasteiger partial charge in [-0.05, 0) is 6.92 Å². The van der Waals surface area contributed by atoms with Gasteiger partial charge in [0.2, 0.25) is 6.04 Å². The standard InChI is InChI=1S/C20H21Cl2N3O6/c1-10(26)19(25-24-13-9-14(28-2)12(21)8-15(13)29-3)20(27)23-11-6-16(30-4)18(22)17(7-11)31-5/h6-9,19H,1-5H3,(H,23,27). The number of amides is 1. The molecule has 31 heavy (non-hydrogen) atoms. The van der Waals surface area contributed by atoms with Crippen molar-refractivity contribution in [1.82, 2.24) is 0 Å². The number of ketones is 1. The Morgan fingerprint density at radius 2 is 1.42 bits per heavy atom. The number of anilines is 1. The van der Waals surface area contributed by atoms with Gasteiger partial charge in [0.05, 0.1) is 33.5 Å². The van der Waals surface area contributed by atoms with Crippen LogP contribution in [-0.2, 0) is 9.59 Å². The van der Waals surface area contributed by atoms with Crippen molar-refractivity contribution >= 4 is 46.3 Å². The summed E-state index contributed by atoms with van der Waals surface area (Å²) in [5.74, 6) is -0.0210. The van der Waals surface area contributed by atoms with Crippen molar-refractivity contribution in [1.29, 1.82) is 0 Å². The lowest BCUT2D eigenvalue weighted by molar-refractivity contribution is -0.126. The molecule has 0 bridgehead atoms. The zero-order valence-corrected chi connectivity index (χ0v) is 19.0. The fourth-order valence-electron chi connectivity index (χ4n) is 2.51. The molecule has 11 heteroatoms. The third kappa shape index (κ3) is 5.77. The lowest BCUT2D eigenvalue weighted by atomic mass is 10.2. The number of hydrogen-bond donors (Lipinski definition) is 1. The summed E-state index contributed by atoms with van der Waals surface area (Å²) in [6.45, 7) is 1.23. The number of hydrogen-bond acceptors (Lipinski definition) is 8. The van der Waals surface area contributed by atoms with Gasteiger partial charge in [-0.1, -0.05) is 23.2 Å². The molecule has 1 unspecified atom stereocenters. The molecule has 1 N–H and O–H groups in total. The maximum Gasteiger partial charge on any atom is 0.258 e. The molecule has 0 saturated carbocycles. The third-order valence-electron chi connectivity index (χ3n) is 4.08. The van der Waals surface area contributed by atoms with Crippen LogP contribution in [0.1, 0.15) is 6.92 Å². The SMILES string of the molecule is COc1cc(N=NC(C(C)=O)C(=O)Nc2cc(OC)c(Cl)c(OC)c2)c(OC)cc1Cl. The third-order valence-corrected chi connectivity index (χ3v) is 4.75. The lowest BCUT2D eigenvalue weighted by Crippen LogP contribution is -2.31. The molecule has 2 aromatic rings. The second-order valence-electron chi connectivity index (χ2n) is 6.07. The molecule has 0 radical (unpaired) electrons. The largest absolute Gasteiger partial charge is 0.495 e. The summed E-state index contributed by atoms with van der Waals surface area (Å²) >= 11 is 12.2. The van der Waals surface area contributed by atoms with Crippen molar-refractivity contribution in [3.05, 3.63) is 34.3 Å². The molecule has 9 nitrogen and oxygen atoms in total. The van der Waals surface area contributed by atoms with Crippen LogP contribution in [0.2, 0.25) is 10.0 Å². The Morgan fingerprint density at radius 1 is 0.871 bits per heavy atom. The van der Waals surface area contributed by atoms with Crippen LogP contribution in [0, 0.1) is 0 Å². The summed E-state index contributed by atoms with van der Waals surface area (Å²) in [5, 5.41) is 11.0. The highest BCUT2D eigenvalue weighted by atomic mass is 35.5. The van der Waals surface area contributed by atoms with E-state index in [0.717, 1.165) is 0 Å². The summed E-state index contributed by atoms with van der Waals surface area (Å²) in [5.41, 5.74) is 0.535. The van der Waals surface area contributed by atoms with E-state index in [1.54, 1.807) is 0 Å². The summed E-state index contributed by atoms with van der Waals surface area (Å²) < 4.78 is 20.7. The Bertz CT molecular complexity index is 988. The average molecular weight is 470 g/mol. The van der Waals surface area contributed by atoms with Crippen molar-refractivity contribution in [3.8, 4) is 23.0 Å². The Morgan fingerprint density at radius 3 is 1.90 bits per heavy atom. The van der Waals surface area contributed by atoms with Crippen LogP contribution < -0.4 is 24.3 Å². The quantitative estimate of drug-likeness (QED) is 0.420. The number of ether oxygens (including phenoxy) is 4. The predicted octanol–water partition coefficient (Wildman–Crippen LogP) is 4.71. The second kappa shape index (κ2) is 10.8. The molecule has 2 rings (SSSR count). The van der Waals surface area contributed by atoms with Gasteiger partial charge in [-0.3, -0.25) is 9.59 Å². The van der Waals surface area contributed by atoms with Gasteiger partial charge in [-0.2, -0.15) is 10.2 Å². The van der Waals surface area contributed by atoms with E-state index in [9.17, 15) is 9.59 Å². The van der Waals surface area contributed by atoms with E-state index < -0.39 is 17.7 Å². The minimum Gasteiger partial charge on any atom is -0.495 e. The Kier molecular flexibility index (Phi) is 8.47. The zero-order valence-electron chi connectivity index (χ0n) is 17.5. The Labute approximate surface area is 189 Å². The van der Waals surface area contributed by atoms with Crippen LogP contribution in [0.15, 0.2) is 34.5 Å². The number of nitrogens with one attached hydrogen (secondary N) is 1. The second-order valence-corrected chi connectivity index (χ2v) is 6.86. The minimum atomic E-state index is -1.42. The first-order valence-corrected chi connectivity index (χ1v) is 9.56. The van der Waals surface area contributed by atoms with Crippen LogP contribution in [0.25, 0.3) is 0 Å². The molecule has 0 spiro atoms. The van der Waals surface area contributed by atoms with Gasteiger partial charge in [0.15, 0.2) is 5.78 Å². The fraction of sp³-hybridized carbons (Fsp3) is 0.300. The number of rotatable bonds is 9. The van der Waals surface area contributed by atoms with Gasteiger partial charge in [-0.25, -0.2) is 0 Å². The van der Waals surface area contributed by atoms with Crippen molar-refractivity contribution in [2.45, 2.75) is 13.0 Å². The maximum atomic E-state index is 12.7. The number of carbonyl (C=O) groups excluding carboxylic acids is 2. The molecular weight excluding hydrogens is 449 g/mol. The number of carbonyl (C=O) groups is 2. The number of azo groups is 1. The molecule has 0 fully saturated rings. The maximum absolute atomic E-state index is 12.7. The normalized spacial score (nSPS) is 11.7. The summed E-state index contributed by atoms with van der Waals surface area (Å²) in [6, 6.07) is 4.53. The number of benzene rings is 2. The molecule has 0 saturated heterocycles. The summed E-state index contributed by atoms with van der Waals surface area (Å²) in [7, 11) is 5.71. The molecule has 1 atom stereocenters. The smallest absolute Gasteiger partial charge is 0.258 e. The number of Topliss-reactive ketones (excluding diaryl/α,β-unsaturated/α-hetero) is 1. The van der Waals surface area contributed by atoms with E-state index in [4.69, 9.17) is 42.1 Å². The number of methoxy groups -OCH3 is 4. The van der Waals surface area contributed by atoms with Gasteiger partial charge in [-0.15, -0.1) is 0 Å². The Balaban J connectivity index is 2.33. The van der Waals surface area contributed by atoms with Crippen LogP contribution >= 0.6 is 23.2 Å². The molecule has 0 aromatic heterocycles. The first-order valence-electron chi connectivity index (χ1n) is 8.80. The van der Waals surface area contributed by atoms with E-state index in [1.807, 2.05) is 0 Å². The fourth-order valence-corrected chi connectivity index (χ4v) is 3.01. The van der Waals surface area contributed by atoms with Crippen molar-refractivity contribution in [2.24, 2.45) is 10.2 Å². The molecular formula is C20H21Cl2N3O6. The van der Waals surface area contributed by atoms with Gasteiger partial charge >= 0.3 is 0 Å². The van der Waals surface area contributed by atoms with Crippen molar-refractivity contribution in [3.63, 3.8) is 0 Å². The van der Waals surface area contributed by atoms with Crippen molar-refractivity contribution < 1.29 is 28.5 Å². The summed E-state index contributed by atoms with van der Waals surface area (Å²) in [6.07, 6.45) is 0. The highest BCUT2D eigenvalue weighted by Gasteiger charge is 2.24. The number of nitrogens with zero attached hydrogens (tertiary/aromatic N) is 2. The molecule has 2 aromatic carbocycles. The highest BCUT2D eigenvalue weighted by Crippen LogP contribution is 2.38. The lowest BCUT2D eigenvalue weighted by Gasteiger charge is -2.14. The molecule has 166 valence electrons. The van der Waals surface area contributed by atoms with Gasteiger partial charge in [0.1, 0.15) is 33.7 Å². The van der Waals surface area contributed by atoms with E-state index >= 15 is 0 Å². The topological polar surface area (TPSA) is 108 Å². The zero-order chi connectivity index (χ0) is 23.1. The predicted molar refractivity (Wildman–Crippen MR) is 117 cm³/mol. The number of halogens is 2. The first-order chi connectivity index (χ1) is 14.7. The molecule has 1 amide bonds. The molecule has 0 heterocycles. The highest BCUT2D eigenvalue weighted by molar-refractivity contribution is 6.33. The Hall–Kier alpha value is -3.04. The minimum absolute atomic E-state index is 0.234. The molecule has 0 aliphatic heterocycles. The van der Waals surface area contributed by atoms with Crippen LogP contribution in [0.5, 0.6) is 23.0 Å². The first kappa shape index (κ1) is 24.2. The van der Waals surface area contributed by atoms with E-state index in [0.29, 0.717) is 22.2 Å². The summed E-state index contributed by atoms with van der Waals surface area (Å²) in [4.78, 5) is 24.8. The van der Waals surface area contributed by atoms with Crippen LogP contribution in [-0.4, -0.2) is 46.2 Å². The van der Waals surface area contributed by atoms with E-state index in [-0.39, 0.29) is 22.2 Å². The molecule has 0 aliphatic rings. The average Bonchev–Trinajstić information content (AvgIpc) is 2.75. The van der Waals surface area contributed by atoms with E-state index in [2.05, 4.69) is 15.5 Å².